The fourth-order valence-corrected chi connectivity index (χ4v) is 3.94. The van der Waals surface area contributed by atoms with Crippen molar-refractivity contribution in [1.29, 1.82) is 0 Å². The van der Waals surface area contributed by atoms with Crippen LogP contribution in [0.4, 0.5) is 0 Å². The highest BCUT2D eigenvalue weighted by Crippen LogP contribution is 2.47. The number of hydrogen-bond donors (Lipinski definition) is 0. The highest BCUT2D eigenvalue weighted by molar-refractivity contribution is 6.02. The summed E-state index contributed by atoms with van der Waals surface area (Å²) in [6.45, 7) is 2.10. The molecule has 0 spiro atoms. The van der Waals surface area contributed by atoms with Gasteiger partial charge >= 0.3 is 0 Å². The van der Waals surface area contributed by atoms with Crippen LogP contribution in [0.15, 0.2) is 77.9 Å². The Morgan fingerprint density at radius 3 is 2.46 bits per heavy atom. The summed E-state index contributed by atoms with van der Waals surface area (Å²) >= 11 is 0. The third kappa shape index (κ3) is 2.82. The van der Waals surface area contributed by atoms with Gasteiger partial charge < -0.3 is 9.47 Å². The van der Waals surface area contributed by atoms with E-state index in [1.807, 2.05) is 36.4 Å². The van der Waals surface area contributed by atoms with Gasteiger partial charge in [-0.15, -0.1) is 0 Å². The zero-order chi connectivity index (χ0) is 19.1. The van der Waals surface area contributed by atoms with Gasteiger partial charge in [0.1, 0.15) is 11.5 Å². The van der Waals surface area contributed by atoms with Crippen LogP contribution in [-0.4, -0.2) is 17.8 Å². The van der Waals surface area contributed by atoms with Gasteiger partial charge in [-0.05, 0) is 42.8 Å². The van der Waals surface area contributed by atoms with Crippen molar-refractivity contribution in [2.24, 2.45) is 5.10 Å². The molecule has 0 fully saturated rings. The molecule has 3 aromatic rings. The van der Waals surface area contributed by atoms with Gasteiger partial charge in [-0.1, -0.05) is 48.0 Å². The molecule has 2 atom stereocenters. The largest absolute Gasteiger partial charge is 0.497 e. The second-order valence-electron chi connectivity index (χ2n) is 7.29. The van der Waals surface area contributed by atoms with E-state index in [4.69, 9.17) is 14.6 Å². The smallest absolute Gasteiger partial charge is 0.213 e. The lowest BCUT2D eigenvalue weighted by Gasteiger charge is -2.38. The molecule has 0 saturated heterocycles. The van der Waals surface area contributed by atoms with E-state index in [2.05, 4.69) is 48.3 Å². The molecular weight excluding hydrogens is 348 g/mol. The monoisotopic (exact) mass is 370 g/mol. The summed E-state index contributed by atoms with van der Waals surface area (Å²) in [7, 11) is 1.68. The lowest BCUT2D eigenvalue weighted by atomic mass is 9.95. The van der Waals surface area contributed by atoms with Gasteiger partial charge in [-0.3, -0.25) is 0 Å². The maximum Gasteiger partial charge on any atom is 0.213 e. The van der Waals surface area contributed by atoms with Crippen LogP contribution in [0.2, 0.25) is 0 Å². The highest BCUT2D eigenvalue weighted by atomic mass is 16.5. The number of hydrogen-bond acceptors (Lipinski definition) is 4. The molecule has 4 heteroatoms. The van der Waals surface area contributed by atoms with Crippen LogP contribution in [0.3, 0.4) is 0 Å². The molecule has 2 aliphatic heterocycles. The molecule has 0 N–H and O–H groups in total. The summed E-state index contributed by atoms with van der Waals surface area (Å²) in [4.78, 5) is 0. The normalized spacial score (nSPS) is 20.1. The Kier molecular flexibility index (Phi) is 4.05. The van der Waals surface area contributed by atoms with Crippen molar-refractivity contribution in [1.82, 2.24) is 5.01 Å². The number of methoxy groups -OCH3 is 1. The second-order valence-corrected chi connectivity index (χ2v) is 7.29. The van der Waals surface area contributed by atoms with Crippen molar-refractivity contribution in [3.63, 3.8) is 0 Å². The molecule has 0 aromatic heterocycles. The minimum Gasteiger partial charge on any atom is -0.497 e. The number of benzene rings is 3. The van der Waals surface area contributed by atoms with E-state index in [9.17, 15) is 0 Å². The van der Waals surface area contributed by atoms with E-state index >= 15 is 0 Å². The maximum atomic E-state index is 6.39. The first-order valence-corrected chi connectivity index (χ1v) is 9.55. The number of aryl methyl sites for hydroxylation is 1. The van der Waals surface area contributed by atoms with Crippen LogP contribution < -0.4 is 9.47 Å². The number of para-hydroxylation sites is 1. The fraction of sp³-hybridized carbons (Fsp3) is 0.208. The van der Waals surface area contributed by atoms with Gasteiger partial charge in [0.2, 0.25) is 6.23 Å². The van der Waals surface area contributed by atoms with Gasteiger partial charge in [0.15, 0.2) is 0 Å². The standard InChI is InChI=1S/C24H22N2O2/c1-16-7-9-17(10-8-16)21-15-22-20-5-3-4-6-23(20)28-24(26(22)25-21)18-11-13-19(27-2)14-12-18/h3-14,22,24H,15H2,1-2H3. The van der Waals surface area contributed by atoms with Gasteiger partial charge in [0.25, 0.3) is 0 Å². The Balaban J connectivity index is 1.56. The summed E-state index contributed by atoms with van der Waals surface area (Å²) in [5.41, 5.74) is 5.78. The zero-order valence-electron chi connectivity index (χ0n) is 16.0. The van der Waals surface area contributed by atoms with Gasteiger partial charge in [-0.2, -0.15) is 5.10 Å². The van der Waals surface area contributed by atoms with E-state index in [0.717, 1.165) is 29.2 Å². The number of ether oxygens (including phenoxy) is 2. The SMILES string of the molecule is COc1ccc(C2Oc3ccccc3C3CC(c4ccc(C)cc4)=NN32)cc1. The predicted molar refractivity (Wildman–Crippen MR) is 110 cm³/mol. The van der Waals surface area contributed by atoms with Crippen LogP contribution in [0.25, 0.3) is 0 Å². The topological polar surface area (TPSA) is 34.1 Å². The minimum absolute atomic E-state index is 0.174. The summed E-state index contributed by atoms with van der Waals surface area (Å²) in [5.74, 6) is 1.77. The lowest BCUT2D eigenvalue weighted by Crippen LogP contribution is -2.33. The van der Waals surface area contributed by atoms with Crippen molar-refractivity contribution in [2.45, 2.75) is 25.6 Å². The Morgan fingerprint density at radius 2 is 1.71 bits per heavy atom. The average Bonchev–Trinajstić information content (AvgIpc) is 3.19. The third-order valence-electron chi connectivity index (χ3n) is 5.48. The van der Waals surface area contributed by atoms with Crippen LogP contribution in [0.5, 0.6) is 11.5 Å². The van der Waals surface area contributed by atoms with Crippen molar-refractivity contribution >= 4 is 5.71 Å². The van der Waals surface area contributed by atoms with Crippen LogP contribution >= 0.6 is 0 Å². The van der Waals surface area contributed by atoms with E-state index in [1.165, 1.54) is 16.7 Å². The first-order valence-electron chi connectivity index (χ1n) is 9.55. The van der Waals surface area contributed by atoms with Gasteiger partial charge in [-0.25, -0.2) is 5.01 Å². The molecule has 3 aromatic carbocycles. The summed E-state index contributed by atoms with van der Waals surface area (Å²) in [6.07, 6.45) is 0.615. The van der Waals surface area contributed by atoms with E-state index in [0.29, 0.717) is 0 Å². The molecule has 2 unspecified atom stereocenters. The van der Waals surface area contributed by atoms with Crippen LogP contribution in [0.1, 0.15) is 40.9 Å². The molecule has 4 nitrogen and oxygen atoms in total. The molecule has 0 saturated carbocycles. The van der Waals surface area contributed by atoms with E-state index in [1.54, 1.807) is 7.11 Å². The van der Waals surface area contributed by atoms with Crippen molar-refractivity contribution in [3.8, 4) is 11.5 Å². The van der Waals surface area contributed by atoms with Crippen molar-refractivity contribution in [2.75, 3.05) is 7.11 Å². The first kappa shape index (κ1) is 16.9. The molecule has 140 valence electrons. The molecule has 0 amide bonds. The lowest BCUT2D eigenvalue weighted by molar-refractivity contribution is -0.0190. The average molecular weight is 370 g/mol. The summed E-state index contributed by atoms with van der Waals surface area (Å²) in [6, 6.07) is 25.1. The van der Waals surface area contributed by atoms with Crippen LogP contribution in [-0.2, 0) is 0 Å². The second kappa shape index (κ2) is 6.71. The summed E-state index contributed by atoms with van der Waals surface area (Å²) in [5, 5.41) is 7.11. The fourth-order valence-electron chi connectivity index (χ4n) is 3.94. The molecule has 28 heavy (non-hydrogen) atoms. The minimum atomic E-state index is -0.256. The Hall–Kier alpha value is -3.27. The Morgan fingerprint density at radius 1 is 0.964 bits per heavy atom. The molecule has 2 aliphatic rings. The zero-order valence-corrected chi connectivity index (χ0v) is 16.0. The number of rotatable bonds is 3. The summed E-state index contributed by atoms with van der Waals surface area (Å²) < 4.78 is 11.7. The first-order chi connectivity index (χ1) is 13.7. The maximum absolute atomic E-state index is 6.39. The molecule has 0 aliphatic carbocycles. The Bertz CT molecular complexity index is 1030. The van der Waals surface area contributed by atoms with Gasteiger partial charge in [0, 0.05) is 17.5 Å². The Labute approximate surface area is 165 Å². The highest BCUT2D eigenvalue weighted by Gasteiger charge is 2.40. The van der Waals surface area contributed by atoms with E-state index < -0.39 is 0 Å². The molecule has 5 rings (SSSR count). The quantitative estimate of drug-likeness (QED) is 0.632. The van der Waals surface area contributed by atoms with E-state index in [-0.39, 0.29) is 12.3 Å². The molecule has 0 bridgehead atoms. The third-order valence-corrected chi connectivity index (χ3v) is 5.48. The van der Waals surface area contributed by atoms with Gasteiger partial charge in [0.05, 0.1) is 18.9 Å². The number of hydrazone groups is 1. The van der Waals surface area contributed by atoms with Crippen molar-refractivity contribution in [3.05, 3.63) is 95.1 Å². The predicted octanol–water partition coefficient (Wildman–Crippen LogP) is 5.25. The number of fused-ring (bicyclic) bond motifs is 3. The van der Waals surface area contributed by atoms with Crippen LogP contribution in [0, 0.1) is 6.92 Å². The molecule has 0 radical (unpaired) electrons. The number of nitrogens with zero attached hydrogens (tertiary/aromatic N) is 2. The molecule has 2 heterocycles. The molecular formula is C24H22N2O2. The van der Waals surface area contributed by atoms with Crippen molar-refractivity contribution < 1.29 is 9.47 Å².